The zero-order chi connectivity index (χ0) is 17.5. The number of nitrogens with zero attached hydrogens (tertiary/aromatic N) is 1. The van der Waals surface area contributed by atoms with Crippen molar-refractivity contribution >= 4 is 5.78 Å². The fourth-order valence-corrected chi connectivity index (χ4v) is 2.24. The van der Waals surface area contributed by atoms with Gasteiger partial charge in [0.2, 0.25) is 5.88 Å². The first-order valence-corrected chi connectivity index (χ1v) is 8.06. The molecule has 2 aromatic carbocycles. The lowest BCUT2D eigenvalue weighted by atomic mass is 10.1. The topological polar surface area (TPSA) is 48.4 Å². The molecule has 0 saturated heterocycles. The van der Waals surface area contributed by atoms with Gasteiger partial charge in [0.1, 0.15) is 12.4 Å². The molecule has 0 aliphatic carbocycles. The van der Waals surface area contributed by atoms with Crippen LogP contribution in [0.1, 0.15) is 21.5 Å². The van der Waals surface area contributed by atoms with Crippen molar-refractivity contribution in [3.63, 3.8) is 0 Å². The standard InChI is InChI=1S/C21H19NO3/c1-16-7-12-21(22-13-16)25-14-17-8-10-19(11-9-17)24-15-20(23)18-5-3-2-4-6-18/h2-13H,14-15H2,1H3. The number of aromatic nitrogens is 1. The molecule has 0 aliphatic heterocycles. The number of aryl methyl sites for hydroxylation is 1. The van der Waals surface area contributed by atoms with Gasteiger partial charge >= 0.3 is 0 Å². The van der Waals surface area contributed by atoms with Gasteiger partial charge in [-0.2, -0.15) is 0 Å². The van der Waals surface area contributed by atoms with E-state index in [0.717, 1.165) is 11.1 Å². The van der Waals surface area contributed by atoms with Gasteiger partial charge in [-0.3, -0.25) is 4.79 Å². The predicted molar refractivity (Wildman–Crippen MR) is 96.0 cm³/mol. The second-order valence-electron chi connectivity index (χ2n) is 5.68. The van der Waals surface area contributed by atoms with E-state index in [-0.39, 0.29) is 12.4 Å². The van der Waals surface area contributed by atoms with Crippen LogP contribution in [0, 0.1) is 6.92 Å². The third kappa shape index (κ3) is 4.91. The number of ether oxygens (including phenoxy) is 2. The highest BCUT2D eigenvalue weighted by Crippen LogP contribution is 2.15. The zero-order valence-corrected chi connectivity index (χ0v) is 14.0. The van der Waals surface area contributed by atoms with Gasteiger partial charge < -0.3 is 9.47 Å². The van der Waals surface area contributed by atoms with Crippen molar-refractivity contribution in [3.05, 3.63) is 89.6 Å². The Hall–Kier alpha value is -3.14. The Kier molecular flexibility index (Phi) is 5.42. The molecule has 0 atom stereocenters. The van der Waals surface area contributed by atoms with Crippen LogP contribution in [-0.4, -0.2) is 17.4 Å². The van der Waals surface area contributed by atoms with E-state index in [4.69, 9.17) is 9.47 Å². The van der Waals surface area contributed by atoms with Crippen LogP contribution < -0.4 is 9.47 Å². The third-order valence-electron chi connectivity index (χ3n) is 3.66. The summed E-state index contributed by atoms with van der Waals surface area (Å²) in [5.74, 6) is 1.21. The van der Waals surface area contributed by atoms with E-state index < -0.39 is 0 Å². The van der Waals surface area contributed by atoms with Crippen molar-refractivity contribution in [2.75, 3.05) is 6.61 Å². The van der Waals surface area contributed by atoms with Crippen molar-refractivity contribution < 1.29 is 14.3 Å². The second-order valence-corrected chi connectivity index (χ2v) is 5.68. The van der Waals surface area contributed by atoms with Gasteiger partial charge in [-0.25, -0.2) is 4.98 Å². The summed E-state index contributed by atoms with van der Waals surface area (Å²) in [6, 6.07) is 20.4. The van der Waals surface area contributed by atoms with Gasteiger partial charge in [0.25, 0.3) is 0 Å². The summed E-state index contributed by atoms with van der Waals surface area (Å²) in [6.07, 6.45) is 1.77. The van der Waals surface area contributed by atoms with Crippen molar-refractivity contribution in [1.29, 1.82) is 0 Å². The molecule has 0 N–H and O–H groups in total. The maximum Gasteiger partial charge on any atom is 0.213 e. The highest BCUT2D eigenvalue weighted by Gasteiger charge is 2.06. The van der Waals surface area contributed by atoms with Crippen LogP contribution in [0.2, 0.25) is 0 Å². The molecule has 1 aromatic heterocycles. The van der Waals surface area contributed by atoms with Gasteiger partial charge in [-0.05, 0) is 30.2 Å². The quantitative estimate of drug-likeness (QED) is 0.607. The highest BCUT2D eigenvalue weighted by molar-refractivity contribution is 5.97. The van der Waals surface area contributed by atoms with E-state index in [1.165, 1.54) is 0 Å². The van der Waals surface area contributed by atoms with E-state index in [1.807, 2.05) is 61.5 Å². The molecule has 3 aromatic rings. The molecule has 126 valence electrons. The Morgan fingerprint density at radius 3 is 2.36 bits per heavy atom. The SMILES string of the molecule is Cc1ccc(OCc2ccc(OCC(=O)c3ccccc3)cc2)nc1. The molecule has 0 saturated carbocycles. The zero-order valence-electron chi connectivity index (χ0n) is 14.0. The van der Waals surface area contributed by atoms with Gasteiger partial charge in [-0.1, -0.05) is 48.5 Å². The highest BCUT2D eigenvalue weighted by atomic mass is 16.5. The lowest BCUT2D eigenvalue weighted by molar-refractivity contribution is 0.0921. The van der Waals surface area contributed by atoms with Crippen LogP contribution in [0.5, 0.6) is 11.6 Å². The Bertz CT molecular complexity index is 812. The van der Waals surface area contributed by atoms with Crippen molar-refractivity contribution in [1.82, 2.24) is 4.98 Å². The summed E-state index contributed by atoms with van der Waals surface area (Å²) >= 11 is 0. The summed E-state index contributed by atoms with van der Waals surface area (Å²) in [5.41, 5.74) is 2.75. The number of carbonyl (C=O) groups excluding carboxylic acids is 1. The van der Waals surface area contributed by atoms with Crippen LogP contribution in [-0.2, 0) is 6.61 Å². The van der Waals surface area contributed by atoms with E-state index in [2.05, 4.69) is 4.98 Å². The molecule has 25 heavy (non-hydrogen) atoms. The molecule has 0 bridgehead atoms. The minimum Gasteiger partial charge on any atom is -0.485 e. The minimum atomic E-state index is -0.0431. The fourth-order valence-electron chi connectivity index (χ4n) is 2.24. The van der Waals surface area contributed by atoms with Crippen molar-refractivity contribution in [2.24, 2.45) is 0 Å². The lowest BCUT2D eigenvalue weighted by Gasteiger charge is -2.08. The Labute approximate surface area is 147 Å². The van der Waals surface area contributed by atoms with Crippen LogP contribution >= 0.6 is 0 Å². The summed E-state index contributed by atoms with van der Waals surface area (Å²) in [5, 5.41) is 0. The maximum absolute atomic E-state index is 12.0. The number of Topliss-reactive ketones (excluding diaryl/α,β-unsaturated/α-hetero) is 1. The molecule has 3 rings (SSSR count). The molecule has 0 unspecified atom stereocenters. The average Bonchev–Trinajstić information content (AvgIpc) is 2.67. The first-order valence-electron chi connectivity index (χ1n) is 8.06. The molecular weight excluding hydrogens is 314 g/mol. The van der Waals surface area contributed by atoms with E-state index in [1.54, 1.807) is 18.3 Å². The smallest absolute Gasteiger partial charge is 0.213 e. The maximum atomic E-state index is 12.0. The van der Waals surface area contributed by atoms with E-state index in [9.17, 15) is 4.79 Å². The Morgan fingerprint density at radius 2 is 1.68 bits per heavy atom. The first-order chi connectivity index (χ1) is 12.2. The molecule has 0 aliphatic rings. The van der Waals surface area contributed by atoms with Crippen LogP contribution in [0.15, 0.2) is 72.9 Å². The van der Waals surface area contributed by atoms with Crippen LogP contribution in [0.25, 0.3) is 0 Å². The first kappa shape index (κ1) is 16.7. The second kappa shape index (κ2) is 8.11. The van der Waals surface area contributed by atoms with Crippen molar-refractivity contribution in [3.8, 4) is 11.6 Å². The van der Waals surface area contributed by atoms with Gasteiger partial charge in [0.05, 0.1) is 0 Å². The number of rotatable bonds is 7. The van der Waals surface area contributed by atoms with Crippen molar-refractivity contribution in [2.45, 2.75) is 13.5 Å². The fraction of sp³-hybridized carbons (Fsp3) is 0.143. The summed E-state index contributed by atoms with van der Waals surface area (Å²) in [6.45, 7) is 2.43. The van der Waals surface area contributed by atoms with Gasteiger partial charge in [-0.15, -0.1) is 0 Å². The monoisotopic (exact) mass is 333 g/mol. The molecular formula is C21H19NO3. The van der Waals surface area contributed by atoms with Crippen LogP contribution in [0.3, 0.4) is 0 Å². The predicted octanol–water partition coefficient (Wildman–Crippen LogP) is 4.23. The molecule has 0 fully saturated rings. The van der Waals surface area contributed by atoms with E-state index in [0.29, 0.717) is 23.8 Å². The Balaban J connectivity index is 1.50. The van der Waals surface area contributed by atoms with Gasteiger partial charge in [0.15, 0.2) is 12.4 Å². The number of pyridine rings is 1. The number of hydrogen-bond donors (Lipinski definition) is 0. The normalized spacial score (nSPS) is 10.3. The van der Waals surface area contributed by atoms with Gasteiger partial charge in [0, 0.05) is 17.8 Å². The molecule has 0 radical (unpaired) electrons. The molecule has 1 heterocycles. The molecule has 0 amide bonds. The number of carbonyl (C=O) groups is 1. The van der Waals surface area contributed by atoms with Crippen LogP contribution in [0.4, 0.5) is 0 Å². The molecule has 4 nitrogen and oxygen atoms in total. The lowest BCUT2D eigenvalue weighted by Crippen LogP contribution is -2.11. The largest absolute Gasteiger partial charge is 0.485 e. The number of ketones is 1. The molecule has 0 spiro atoms. The average molecular weight is 333 g/mol. The molecule has 4 heteroatoms. The Morgan fingerprint density at radius 1 is 0.920 bits per heavy atom. The van der Waals surface area contributed by atoms with E-state index >= 15 is 0 Å². The summed E-state index contributed by atoms with van der Waals surface area (Å²) < 4.78 is 11.2. The summed E-state index contributed by atoms with van der Waals surface area (Å²) in [4.78, 5) is 16.2. The summed E-state index contributed by atoms with van der Waals surface area (Å²) in [7, 11) is 0. The minimum absolute atomic E-state index is 0.0210. The number of hydrogen-bond acceptors (Lipinski definition) is 4. The third-order valence-corrected chi connectivity index (χ3v) is 3.66. The number of benzene rings is 2.